The van der Waals surface area contributed by atoms with Crippen LogP contribution in [0.2, 0.25) is 0 Å². The van der Waals surface area contributed by atoms with Gasteiger partial charge in [0.1, 0.15) is 11.6 Å². The van der Waals surface area contributed by atoms with Crippen LogP contribution < -0.4 is 9.80 Å². The normalized spacial score (nSPS) is 22.8. The van der Waals surface area contributed by atoms with Crippen LogP contribution in [-0.4, -0.2) is 62.1 Å². The lowest BCUT2D eigenvalue weighted by atomic mass is 9.71. The third kappa shape index (κ3) is 3.25. The number of rotatable bonds is 3. The lowest BCUT2D eigenvalue weighted by Gasteiger charge is -2.49. The van der Waals surface area contributed by atoms with E-state index in [0.717, 1.165) is 63.0 Å². The van der Waals surface area contributed by atoms with E-state index in [1.54, 1.807) is 18.6 Å². The summed E-state index contributed by atoms with van der Waals surface area (Å²) in [7, 11) is 0. The van der Waals surface area contributed by atoms with Gasteiger partial charge in [-0.3, -0.25) is 4.98 Å². The number of aliphatic hydroxyl groups is 1. The van der Waals surface area contributed by atoms with Crippen LogP contribution in [0.1, 0.15) is 32.0 Å². The van der Waals surface area contributed by atoms with E-state index in [-0.39, 0.29) is 11.5 Å². The van der Waals surface area contributed by atoms with Gasteiger partial charge in [0, 0.05) is 45.1 Å². The highest BCUT2D eigenvalue weighted by atomic mass is 16.3. The molecule has 1 spiro atoms. The lowest BCUT2D eigenvalue weighted by Crippen LogP contribution is -2.54. The second kappa shape index (κ2) is 6.83. The topological polar surface area (TPSA) is 83.2 Å². The third-order valence-electron chi connectivity index (χ3n) is 5.66. The van der Waals surface area contributed by atoms with E-state index in [9.17, 15) is 5.11 Å². The Morgan fingerprint density at radius 2 is 2.04 bits per heavy atom. The van der Waals surface area contributed by atoms with Crippen LogP contribution in [0, 0.1) is 12.3 Å². The van der Waals surface area contributed by atoms with E-state index >= 15 is 0 Å². The van der Waals surface area contributed by atoms with Gasteiger partial charge in [-0.25, -0.2) is 9.67 Å². The molecule has 2 aliphatic rings. The van der Waals surface area contributed by atoms with E-state index in [2.05, 4.69) is 36.8 Å². The number of aliphatic hydroxyl groups excluding tert-OH is 1. The highest BCUT2D eigenvalue weighted by molar-refractivity contribution is 5.38. The molecule has 0 saturated carbocycles. The monoisotopic (exact) mass is 357 g/mol. The van der Waals surface area contributed by atoms with E-state index < -0.39 is 0 Å². The fourth-order valence-corrected chi connectivity index (χ4v) is 4.42. The molecule has 1 atom stereocenters. The number of piperidine rings is 2. The van der Waals surface area contributed by atoms with Crippen molar-refractivity contribution in [3.8, 4) is 0 Å². The van der Waals surface area contributed by atoms with Gasteiger partial charge in [-0.05, 0) is 38.5 Å². The largest absolute Gasteiger partial charge is 0.391 e. The minimum atomic E-state index is -0.321. The molecule has 8 heteroatoms. The summed E-state index contributed by atoms with van der Waals surface area (Å²) < 4.78 is 1.98. The smallest absolute Gasteiger partial charge is 0.224 e. The predicted molar refractivity (Wildman–Crippen MR) is 99.2 cm³/mol. The van der Waals surface area contributed by atoms with Crippen LogP contribution in [0.4, 0.5) is 11.8 Å². The summed E-state index contributed by atoms with van der Waals surface area (Å²) in [6.45, 7) is 8.32. The third-order valence-corrected chi connectivity index (χ3v) is 5.66. The Balaban J connectivity index is 1.48. The van der Waals surface area contributed by atoms with Crippen LogP contribution in [0.5, 0.6) is 0 Å². The molecular weight excluding hydrogens is 330 g/mol. The van der Waals surface area contributed by atoms with Crippen molar-refractivity contribution in [3.63, 3.8) is 0 Å². The summed E-state index contributed by atoms with van der Waals surface area (Å²) in [6, 6.07) is 0. The summed E-state index contributed by atoms with van der Waals surface area (Å²) in [5.74, 6) is 2.65. The molecule has 2 aromatic rings. The molecule has 2 fully saturated rings. The number of aromatic nitrogens is 5. The molecule has 0 radical (unpaired) electrons. The summed E-state index contributed by atoms with van der Waals surface area (Å²) in [4.78, 5) is 17.7. The first-order valence-corrected chi connectivity index (χ1v) is 9.44. The zero-order valence-electron chi connectivity index (χ0n) is 15.5. The van der Waals surface area contributed by atoms with Gasteiger partial charge in [0.2, 0.25) is 5.95 Å². The minimum Gasteiger partial charge on any atom is -0.391 e. The maximum absolute atomic E-state index is 10.5. The molecule has 8 nitrogen and oxygen atoms in total. The molecule has 1 unspecified atom stereocenters. The van der Waals surface area contributed by atoms with E-state index in [1.165, 1.54) is 0 Å². The molecule has 26 heavy (non-hydrogen) atoms. The van der Waals surface area contributed by atoms with Crippen LogP contribution >= 0.6 is 0 Å². The average molecular weight is 357 g/mol. The second-order valence-corrected chi connectivity index (χ2v) is 7.56. The van der Waals surface area contributed by atoms with Gasteiger partial charge in [0.05, 0.1) is 12.3 Å². The number of β-amino-alcohol motifs (C(OH)–C–C–N with tert-alkyl or cyclic N) is 1. The number of hydrogen-bond acceptors (Lipinski definition) is 7. The molecule has 0 aromatic carbocycles. The van der Waals surface area contributed by atoms with E-state index in [1.807, 2.05) is 11.6 Å². The first-order chi connectivity index (χ1) is 12.6. The summed E-state index contributed by atoms with van der Waals surface area (Å²) in [5, 5.41) is 15.0. The van der Waals surface area contributed by atoms with Crippen molar-refractivity contribution in [2.75, 3.05) is 36.0 Å². The second-order valence-electron chi connectivity index (χ2n) is 7.56. The zero-order chi connectivity index (χ0) is 18.1. The maximum atomic E-state index is 10.5. The highest BCUT2D eigenvalue weighted by Crippen LogP contribution is 2.41. The van der Waals surface area contributed by atoms with E-state index in [0.29, 0.717) is 6.54 Å². The van der Waals surface area contributed by atoms with Gasteiger partial charge in [-0.1, -0.05) is 0 Å². The number of nitrogens with zero attached hydrogens (tertiary/aromatic N) is 7. The molecular formula is C18H27N7O. The Hall–Kier alpha value is -2.22. The van der Waals surface area contributed by atoms with Crippen molar-refractivity contribution in [3.05, 3.63) is 24.4 Å². The first-order valence-electron chi connectivity index (χ1n) is 9.44. The van der Waals surface area contributed by atoms with Crippen molar-refractivity contribution >= 4 is 11.8 Å². The van der Waals surface area contributed by atoms with Crippen LogP contribution in [0.3, 0.4) is 0 Å². The van der Waals surface area contributed by atoms with Crippen molar-refractivity contribution in [2.45, 2.75) is 45.8 Å². The van der Waals surface area contributed by atoms with Gasteiger partial charge < -0.3 is 14.9 Å². The van der Waals surface area contributed by atoms with Crippen LogP contribution in [0.15, 0.2) is 18.6 Å². The molecule has 2 aliphatic heterocycles. The van der Waals surface area contributed by atoms with Crippen molar-refractivity contribution in [1.82, 2.24) is 24.7 Å². The van der Waals surface area contributed by atoms with Gasteiger partial charge in [0.25, 0.3) is 0 Å². The molecule has 4 heterocycles. The average Bonchev–Trinajstić information content (AvgIpc) is 3.03. The molecule has 0 amide bonds. The molecule has 1 N–H and O–H groups in total. The highest BCUT2D eigenvalue weighted by Gasteiger charge is 2.42. The van der Waals surface area contributed by atoms with Gasteiger partial charge >= 0.3 is 0 Å². The summed E-state index contributed by atoms with van der Waals surface area (Å²) in [5.41, 5.74) is 0.123. The maximum Gasteiger partial charge on any atom is 0.224 e. The Labute approximate surface area is 153 Å². The molecule has 140 valence electrons. The fourth-order valence-electron chi connectivity index (χ4n) is 4.42. The predicted octanol–water partition coefficient (Wildman–Crippen LogP) is 1.25. The van der Waals surface area contributed by atoms with Crippen molar-refractivity contribution < 1.29 is 5.11 Å². The Morgan fingerprint density at radius 1 is 1.23 bits per heavy atom. The summed E-state index contributed by atoms with van der Waals surface area (Å²) in [6.07, 6.45) is 7.80. The SMILES string of the molecule is CCn1nc(C)nc1N1CCC2(CC1)CC(O)CN(c1cnccn1)C2. The molecule has 2 aromatic heterocycles. The van der Waals surface area contributed by atoms with Crippen LogP contribution in [0.25, 0.3) is 0 Å². The van der Waals surface area contributed by atoms with E-state index in [4.69, 9.17) is 0 Å². The Morgan fingerprint density at radius 3 is 2.73 bits per heavy atom. The standard InChI is InChI=1S/C18H27N7O/c1-3-25-17(21-14(2)22-25)23-8-4-18(5-9-23)10-15(26)12-24(13-18)16-11-19-6-7-20-16/h6-7,11,15,26H,3-5,8-10,12-13H2,1-2H3. The Kier molecular flexibility index (Phi) is 4.52. The lowest BCUT2D eigenvalue weighted by molar-refractivity contribution is 0.0592. The molecule has 0 aliphatic carbocycles. The number of aryl methyl sites for hydroxylation is 2. The fraction of sp³-hybridized carbons (Fsp3) is 0.667. The number of hydrogen-bond donors (Lipinski definition) is 1. The minimum absolute atomic E-state index is 0.123. The van der Waals surface area contributed by atoms with Crippen molar-refractivity contribution in [1.29, 1.82) is 0 Å². The first kappa shape index (κ1) is 17.2. The molecule has 4 rings (SSSR count). The summed E-state index contributed by atoms with van der Waals surface area (Å²) >= 11 is 0. The number of anilines is 2. The molecule has 0 bridgehead atoms. The Bertz CT molecular complexity index is 739. The van der Waals surface area contributed by atoms with Crippen LogP contribution in [-0.2, 0) is 6.54 Å². The van der Waals surface area contributed by atoms with Crippen molar-refractivity contribution in [2.24, 2.45) is 5.41 Å². The molecule has 2 saturated heterocycles. The van der Waals surface area contributed by atoms with Gasteiger partial charge in [-0.15, -0.1) is 0 Å². The van der Waals surface area contributed by atoms with Gasteiger partial charge in [-0.2, -0.15) is 10.1 Å². The zero-order valence-corrected chi connectivity index (χ0v) is 15.5. The van der Waals surface area contributed by atoms with Gasteiger partial charge in [0.15, 0.2) is 0 Å². The quantitative estimate of drug-likeness (QED) is 0.885.